The molecule has 0 saturated carbocycles. The van der Waals surface area contributed by atoms with Crippen LogP contribution in [-0.4, -0.2) is 51.4 Å². The van der Waals surface area contributed by atoms with Crippen molar-refractivity contribution in [1.29, 1.82) is 0 Å². The first-order valence-corrected chi connectivity index (χ1v) is 11.0. The first kappa shape index (κ1) is 20.8. The number of anilines is 1. The first-order chi connectivity index (χ1) is 13.2. The zero-order valence-corrected chi connectivity index (χ0v) is 17.6. The van der Waals surface area contributed by atoms with Crippen molar-refractivity contribution in [2.45, 2.75) is 18.7 Å². The molecule has 2 aromatic carbocycles. The van der Waals surface area contributed by atoms with Crippen molar-refractivity contribution in [2.75, 3.05) is 38.0 Å². The molecule has 1 saturated heterocycles. The summed E-state index contributed by atoms with van der Waals surface area (Å²) in [6.07, 6.45) is 0. The fourth-order valence-electron chi connectivity index (χ4n) is 3.48. The normalized spacial score (nSPS) is 16.1. The van der Waals surface area contributed by atoms with E-state index in [9.17, 15) is 13.2 Å². The predicted molar refractivity (Wildman–Crippen MR) is 110 cm³/mol. The number of amides is 1. The first-order valence-electron chi connectivity index (χ1n) is 9.21. The number of nitrogens with one attached hydrogen (secondary N) is 2. The topological polar surface area (TPSA) is 70.9 Å². The summed E-state index contributed by atoms with van der Waals surface area (Å²) in [6.45, 7) is 6.22. The maximum absolute atomic E-state index is 12.8. The molecule has 28 heavy (non-hydrogen) atoms. The van der Waals surface area contributed by atoms with E-state index >= 15 is 0 Å². The Balaban J connectivity index is 1.56. The van der Waals surface area contributed by atoms with Crippen LogP contribution < -0.4 is 10.2 Å². The molecule has 3 rings (SSSR count). The zero-order chi connectivity index (χ0) is 20.3. The van der Waals surface area contributed by atoms with E-state index in [0.717, 1.165) is 21.7 Å². The second kappa shape index (κ2) is 8.61. The number of quaternary nitrogens is 1. The van der Waals surface area contributed by atoms with Crippen molar-refractivity contribution >= 4 is 33.2 Å². The Morgan fingerprint density at radius 2 is 1.75 bits per heavy atom. The van der Waals surface area contributed by atoms with E-state index in [4.69, 9.17) is 11.6 Å². The molecule has 8 heteroatoms. The molecule has 1 amide bonds. The Kier molecular flexibility index (Phi) is 6.40. The minimum atomic E-state index is -3.56. The van der Waals surface area contributed by atoms with Gasteiger partial charge in [0.1, 0.15) is 0 Å². The maximum Gasteiger partial charge on any atom is 0.279 e. The molecular formula is C20H25ClN3O3S+. The van der Waals surface area contributed by atoms with Gasteiger partial charge < -0.3 is 10.2 Å². The highest BCUT2D eigenvalue weighted by Gasteiger charge is 2.31. The molecule has 0 aromatic heterocycles. The van der Waals surface area contributed by atoms with Crippen LogP contribution in [0.4, 0.5) is 5.69 Å². The van der Waals surface area contributed by atoms with Gasteiger partial charge in [0.05, 0.1) is 31.1 Å². The van der Waals surface area contributed by atoms with Gasteiger partial charge in [-0.15, -0.1) is 0 Å². The SMILES string of the molecule is Cc1cc(C)cc(NC(=O)C[NH+]2CCN(S(=O)(=O)c3cccc(Cl)c3)CC2)c1. The minimum Gasteiger partial charge on any atom is -0.325 e. The molecule has 0 spiro atoms. The third-order valence-electron chi connectivity index (χ3n) is 4.78. The van der Waals surface area contributed by atoms with Gasteiger partial charge in [-0.25, -0.2) is 8.42 Å². The Hall–Kier alpha value is -1.93. The van der Waals surface area contributed by atoms with Crippen LogP contribution in [0.1, 0.15) is 11.1 Å². The third kappa shape index (κ3) is 5.11. The summed E-state index contributed by atoms with van der Waals surface area (Å²) in [5, 5.41) is 3.33. The number of nitrogens with zero attached hydrogens (tertiary/aromatic N) is 1. The van der Waals surface area contributed by atoms with Crippen LogP contribution in [0.15, 0.2) is 47.4 Å². The average Bonchev–Trinajstić information content (AvgIpc) is 2.61. The highest BCUT2D eigenvalue weighted by Crippen LogP contribution is 2.19. The number of aryl methyl sites for hydroxylation is 2. The van der Waals surface area contributed by atoms with Crippen molar-refractivity contribution in [3.05, 3.63) is 58.6 Å². The summed E-state index contributed by atoms with van der Waals surface area (Å²) in [6, 6.07) is 12.2. The number of hydrogen-bond acceptors (Lipinski definition) is 3. The van der Waals surface area contributed by atoms with Crippen LogP contribution in [-0.2, 0) is 14.8 Å². The highest BCUT2D eigenvalue weighted by molar-refractivity contribution is 7.89. The van der Waals surface area contributed by atoms with Gasteiger partial charge in [0, 0.05) is 10.7 Å². The van der Waals surface area contributed by atoms with Crippen molar-refractivity contribution in [1.82, 2.24) is 4.31 Å². The fraction of sp³-hybridized carbons (Fsp3) is 0.350. The number of benzene rings is 2. The molecule has 6 nitrogen and oxygen atoms in total. The summed E-state index contributed by atoms with van der Waals surface area (Å²) in [4.78, 5) is 13.6. The van der Waals surface area contributed by atoms with Gasteiger partial charge in [-0.3, -0.25) is 4.79 Å². The van der Waals surface area contributed by atoms with Gasteiger partial charge in [-0.05, 0) is 55.3 Å². The van der Waals surface area contributed by atoms with Crippen LogP contribution in [0.5, 0.6) is 0 Å². The van der Waals surface area contributed by atoms with Gasteiger partial charge in [0.25, 0.3) is 5.91 Å². The molecule has 1 aliphatic heterocycles. The fourth-order valence-corrected chi connectivity index (χ4v) is 5.22. The molecule has 1 fully saturated rings. The van der Waals surface area contributed by atoms with Gasteiger partial charge >= 0.3 is 0 Å². The van der Waals surface area contributed by atoms with E-state index in [0.29, 0.717) is 37.7 Å². The maximum atomic E-state index is 12.8. The molecule has 2 aromatic rings. The minimum absolute atomic E-state index is 0.0638. The number of hydrogen-bond donors (Lipinski definition) is 2. The van der Waals surface area contributed by atoms with E-state index < -0.39 is 10.0 Å². The number of rotatable bonds is 5. The van der Waals surface area contributed by atoms with Crippen molar-refractivity contribution in [2.24, 2.45) is 0 Å². The highest BCUT2D eigenvalue weighted by atomic mass is 35.5. The van der Waals surface area contributed by atoms with Gasteiger partial charge in [0.15, 0.2) is 6.54 Å². The monoisotopic (exact) mass is 422 g/mol. The summed E-state index contributed by atoms with van der Waals surface area (Å²) in [5.74, 6) is -0.0638. The van der Waals surface area contributed by atoms with Gasteiger partial charge in [0.2, 0.25) is 10.0 Å². The molecule has 150 valence electrons. The lowest BCUT2D eigenvalue weighted by Crippen LogP contribution is -3.15. The lowest BCUT2D eigenvalue weighted by Gasteiger charge is -2.31. The largest absolute Gasteiger partial charge is 0.325 e. The van der Waals surface area contributed by atoms with E-state index in [1.165, 1.54) is 10.4 Å². The van der Waals surface area contributed by atoms with E-state index in [2.05, 4.69) is 11.4 Å². The molecule has 0 aliphatic carbocycles. The Morgan fingerprint density at radius 1 is 1.11 bits per heavy atom. The van der Waals surface area contributed by atoms with Crippen LogP contribution in [0.25, 0.3) is 0 Å². The van der Waals surface area contributed by atoms with Crippen molar-refractivity contribution < 1.29 is 18.1 Å². The number of sulfonamides is 1. The number of carbonyl (C=O) groups excluding carboxylic acids is 1. The molecular weight excluding hydrogens is 398 g/mol. The van der Waals surface area contributed by atoms with Gasteiger partial charge in [-0.1, -0.05) is 23.7 Å². The number of carbonyl (C=O) groups is 1. The summed E-state index contributed by atoms with van der Waals surface area (Å²) in [5.41, 5.74) is 2.99. The average molecular weight is 423 g/mol. The molecule has 0 bridgehead atoms. The van der Waals surface area contributed by atoms with E-state index in [-0.39, 0.29) is 10.8 Å². The summed E-state index contributed by atoms with van der Waals surface area (Å²) < 4.78 is 27.0. The molecule has 0 radical (unpaired) electrons. The lowest BCUT2D eigenvalue weighted by molar-refractivity contribution is -0.895. The van der Waals surface area contributed by atoms with Crippen molar-refractivity contribution in [3.8, 4) is 0 Å². The van der Waals surface area contributed by atoms with Gasteiger partial charge in [-0.2, -0.15) is 4.31 Å². The van der Waals surface area contributed by atoms with Crippen LogP contribution in [0.2, 0.25) is 5.02 Å². The second-order valence-electron chi connectivity index (χ2n) is 7.21. The Labute approximate surface area is 171 Å². The molecule has 1 aliphatic rings. The Bertz CT molecular complexity index is 950. The standard InChI is InChI=1S/C20H24ClN3O3S/c1-15-10-16(2)12-18(11-15)22-20(25)14-23-6-8-24(9-7-23)28(26,27)19-5-3-4-17(21)13-19/h3-5,10-13H,6-9,14H2,1-2H3,(H,22,25)/p+1. The molecule has 1 heterocycles. The third-order valence-corrected chi connectivity index (χ3v) is 6.91. The molecule has 0 atom stereocenters. The second-order valence-corrected chi connectivity index (χ2v) is 9.59. The smallest absolute Gasteiger partial charge is 0.279 e. The van der Waals surface area contributed by atoms with Crippen LogP contribution in [0, 0.1) is 13.8 Å². The van der Waals surface area contributed by atoms with Crippen molar-refractivity contribution in [3.63, 3.8) is 0 Å². The summed E-state index contributed by atoms with van der Waals surface area (Å²) in [7, 11) is -3.56. The quantitative estimate of drug-likeness (QED) is 0.766. The van der Waals surface area contributed by atoms with E-state index in [1.807, 2.05) is 26.0 Å². The number of halogens is 1. The van der Waals surface area contributed by atoms with Crippen LogP contribution >= 0.6 is 11.6 Å². The molecule has 2 N–H and O–H groups in total. The lowest BCUT2D eigenvalue weighted by atomic mass is 10.1. The summed E-state index contributed by atoms with van der Waals surface area (Å²) >= 11 is 5.92. The molecule has 0 unspecified atom stereocenters. The Morgan fingerprint density at radius 3 is 2.36 bits per heavy atom. The van der Waals surface area contributed by atoms with E-state index in [1.54, 1.807) is 18.2 Å². The predicted octanol–water partition coefficient (Wildman–Crippen LogP) is 1.48. The number of piperazine rings is 1. The van der Waals surface area contributed by atoms with Crippen LogP contribution in [0.3, 0.4) is 0 Å². The zero-order valence-electron chi connectivity index (χ0n) is 16.0.